The van der Waals surface area contributed by atoms with Crippen molar-refractivity contribution in [1.29, 1.82) is 0 Å². The van der Waals surface area contributed by atoms with E-state index >= 15 is 0 Å². The van der Waals surface area contributed by atoms with Gasteiger partial charge in [-0.25, -0.2) is 8.42 Å². The Morgan fingerprint density at radius 3 is 2.38 bits per heavy atom. The lowest BCUT2D eigenvalue weighted by Crippen LogP contribution is -2.43. The molecule has 0 unspecified atom stereocenters. The topological polar surface area (TPSA) is 119 Å². The minimum Gasteiger partial charge on any atom is -0.493 e. The Bertz CT molecular complexity index is 1460. The number of sulfonamides is 1. The van der Waals surface area contributed by atoms with Crippen LogP contribution in [0.2, 0.25) is 5.02 Å². The highest BCUT2D eigenvalue weighted by Gasteiger charge is 2.30. The second-order valence-corrected chi connectivity index (χ2v) is 12.7. The second kappa shape index (κ2) is 13.9. The van der Waals surface area contributed by atoms with E-state index in [1.165, 1.54) is 12.1 Å². The third-order valence-electron chi connectivity index (χ3n) is 6.15. The third kappa shape index (κ3) is 7.72. The quantitative estimate of drug-likeness (QED) is 0.179. The van der Waals surface area contributed by atoms with Gasteiger partial charge in [0.2, 0.25) is 15.9 Å². The molecule has 0 N–H and O–H groups in total. The maximum absolute atomic E-state index is 13.6. The van der Waals surface area contributed by atoms with Gasteiger partial charge in [-0.2, -0.15) is 4.31 Å². The molecule has 0 aliphatic rings. The highest BCUT2D eigenvalue weighted by atomic mass is 35.5. The molecule has 40 heavy (non-hydrogen) atoms. The van der Waals surface area contributed by atoms with Crippen LogP contribution in [-0.2, 0) is 27.8 Å². The minimum atomic E-state index is -4.22. The maximum atomic E-state index is 13.6. The molecule has 0 aliphatic heterocycles. The summed E-state index contributed by atoms with van der Waals surface area (Å²) in [4.78, 5) is 27.6. The average Bonchev–Trinajstić information content (AvgIpc) is 3.34. The summed E-state index contributed by atoms with van der Waals surface area (Å²) in [5, 5.41) is 11.2. The summed E-state index contributed by atoms with van der Waals surface area (Å²) in [6.45, 7) is 4.06. The Hall–Kier alpha value is -3.19. The molecular formula is C27H32ClN3O7S2. The van der Waals surface area contributed by atoms with Crippen molar-refractivity contribution in [3.8, 4) is 11.5 Å². The molecular weight excluding hydrogens is 578 g/mol. The number of aryl methyl sites for hydroxylation is 1. The van der Waals surface area contributed by atoms with E-state index < -0.39 is 27.2 Å². The fourth-order valence-electron chi connectivity index (χ4n) is 4.08. The van der Waals surface area contributed by atoms with E-state index in [4.69, 9.17) is 21.1 Å². The number of rotatable bonds is 14. The Morgan fingerprint density at radius 1 is 1.05 bits per heavy atom. The number of carbonyl (C=O) groups is 1. The van der Waals surface area contributed by atoms with E-state index in [9.17, 15) is 23.3 Å². The van der Waals surface area contributed by atoms with Gasteiger partial charge in [0, 0.05) is 28.9 Å². The molecule has 1 heterocycles. The summed E-state index contributed by atoms with van der Waals surface area (Å²) < 4.78 is 38.8. The molecule has 1 amide bonds. The van der Waals surface area contributed by atoms with Gasteiger partial charge in [-0.1, -0.05) is 24.6 Å². The van der Waals surface area contributed by atoms with Crippen LogP contribution in [0, 0.1) is 17.0 Å². The summed E-state index contributed by atoms with van der Waals surface area (Å²) in [6.07, 6.45) is 0.943. The standard InChI is InChI=1S/C27H32ClN3O7S2/c1-5-13-30(40(35,36)22-9-10-23(28)24(16-22)31(33)34)18-27(32)29(17-21-8-6-19(2)39-21)14-12-20-7-11-25(37-3)26(15-20)38-4/h6-11,15-16H,5,12-14,17-18H2,1-4H3. The number of nitro benzene ring substituents is 1. The molecule has 0 atom stereocenters. The number of hydrogen-bond donors (Lipinski definition) is 0. The van der Waals surface area contributed by atoms with Crippen molar-refractivity contribution in [2.24, 2.45) is 0 Å². The number of nitrogens with zero attached hydrogens (tertiary/aromatic N) is 3. The molecule has 0 saturated carbocycles. The normalized spacial score (nSPS) is 11.4. The predicted molar refractivity (Wildman–Crippen MR) is 155 cm³/mol. The van der Waals surface area contributed by atoms with E-state index in [-0.39, 0.29) is 22.4 Å². The van der Waals surface area contributed by atoms with Crippen molar-refractivity contribution >= 4 is 44.6 Å². The van der Waals surface area contributed by atoms with Gasteiger partial charge < -0.3 is 14.4 Å². The summed E-state index contributed by atoms with van der Waals surface area (Å²) in [5.41, 5.74) is 0.402. The largest absolute Gasteiger partial charge is 0.493 e. The minimum absolute atomic E-state index is 0.0616. The summed E-state index contributed by atoms with van der Waals surface area (Å²) in [7, 11) is -1.12. The predicted octanol–water partition coefficient (Wildman–Crippen LogP) is 5.31. The van der Waals surface area contributed by atoms with Gasteiger partial charge in [-0.05, 0) is 61.7 Å². The molecule has 3 aromatic rings. The number of amides is 1. The number of carbonyl (C=O) groups excluding carboxylic acids is 1. The van der Waals surface area contributed by atoms with Crippen molar-refractivity contribution in [2.75, 3.05) is 33.9 Å². The number of thiophene rings is 1. The SMILES string of the molecule is CCCN(CC(=O)N(CCc1ccc(OC)c(OC)c1)Cc1ccc(C)s1)S(=O)(=O)c1ccc(Cl)c([N+](=O)[O-])c1. The lowest BCUT2D eigenvalue weighted by Gasteiger charge is -2.27. The lowest BCUT2D eigenvalue weighted by atomic mass is 10.1. The summed E-state index contributed by atoms with van der Waals surface area (Å²) in [5.74, 6) is 0.784. The van der Waals surface area contributed by atoms with Crippen molar-refractivity contribution in [2.45, 2.75) is 38.1 Å². The monoisotopic (exact) mass is 609 g/mol. The molecule has 13 heteroatoms. The zero-order valence-electron chi connectivity index (χ0n) is 22.8. The molecule has 10 nitrogen and oxygen atoms in total. The smallest absolute Gasteiger partial charge is 0.289 e. The van der Waals surface area contributed by atoms with Crippen molar-refractivity contribution in [3.63, 3.8) is 0 Å². The first-order valence-electron chi connectivity index (χ1n) is 12.5. The molecule has 0 radical (unpaired) electrons. The molecule has 2 aromatic carbocycles. The first-order valence-corrected chi connectivity index (χ1v) is 15.1. The second-order valence-electron chi connectivity index (χ2n) is 8.98. The van der Waals surface area contributed by atoms with E-state index in [0.29, 0.717) is 37.4 Å². The number of nitro groups is 1. The van der Waals surface area contributed by atoms with Crippen LogP contribution in [-0.4, -0.2) is 62.3 Å². The molecule has 0 saturated heterocycles. The van der Waals surface area contributed by atoms with Crippen LogP contribution in [0.3, 0.4) is 0 Å². The van der Waals surface area contributed by atoms with Crippen molar-refractivity contribution in [3.05, 3.63) is 79.0 Å². The van der Waals surface area contributed by atoms with E-state index in [2.05, 4.69) is 0 Å². The summed E-state index contributed by atoms with van der Waals surface area (Å²) >= 11 is 7.45. The third-order valence-corrected chi connectivity index (χ3v) is 9.30. The highest BCUT2D eigenvalue weighted by Crippen LogP contribution is 2.30. The Labute approximate surface area is 243 Å². The van der Waals surface area contributed by atoms with Crippen LogP contribution in [0.15, 0.2) is 53.4 Å². The molecule has 0 spiro atoms. The lowest BCUT2D eigenvalue weighted by molar-refractivity contribution is -0.384. The van der Waals surface area contributed by atoms with Crippen LogP contribution < -0.4 is 9.47 Å². The molecule has 1 aromatic heterocycles. The Kier molecular flexibility index (Phi) is 10.9. The molecule has 0 aliphatic carbocycles. The van der Waals surface area contributed by atoms with E-state index in [1.54, 1.807) is 43.4 Å². The van der Waals surface area contributed by atoms with Gasteiger partial charge in [0.25, 0.3) is 5.69 Å². The van der Waals surface area contributed by atoms with Gasteiger partial charge in [0.1, 0.15) is 5.02 Å². The number of halogens is 1. The fourth-order valence-corrected chi connectivity index (χ4v) is 6.67. The van der Waals surface area contributed by atoms with Gasteiger partial charge in [-0.15, -0.1) is 11.3 Å². The van der Waals surface area contributed by atoms with Gasteiger partial charge in [0.15, 0.2) is 11.5 Å². The van der Waals surface area contributed by atoms with Gasteiger partial charge in [-0.3, -0.25) is 14.9 Å². The highest BCUT2D eigenvalue weighted by molar-refractivity contribution is 7.89. The fraction of sp³-hybridized carbons (Fsp3) is 0.370. The van der Waals surface area contributed by atoms with E-state index in [0.717, 1.165) is 25.7 Å². The molecule has 0 bridgehead atoms. The number of hydrogen-bond acceptors (Lipinski definition) is 8. The first kappa shape index (κ1) is 31.3. The molecule has 216 valence electrons. The van der Waals surface area contributed by atoms with Crippen LogP contribution in [0.1, 0.15) is 28.7 Å². The zero-order chi connectivity index (χ0) is 29.4. The number of methoxy groups -OCH3 is 2. The number of benzene rings is 2. The van der Waals surface area contributed by atoms with E-state index in [1.807, 2.05) is 31.2 Å². The average molecular weight is 610 g/mol. The maximum Gasteiger partial charge on any atom is 0.289 e. The molecule has 3 rings (SSSR count). The number of ether oxygens (including phenoxy) is 2. The van der Waals surface area contributed by atoms with Crippen LogP contribution >= 0.6 is 22.9 Å². The first-order chi connectivity index (χ1) is 19.0. The summed E-state index contributed by atoms with van der Waals surface area (Å²) in [6, 6.07) is 12.8. The molecule has 0 fully saturated rings. The van der Waals surface area contributed by atoms with Crippen LogP contribution in [0.25, 0.3) is 0 Å². The van der Waals surface area contributed by atoms with Crippen molar-refractivity contribution < 1.29 is 27.6 Å². The van der Waals surface area contributed by atoms with Gasteiger partial charge in [0.05, 0.1) is 37.1 Å². The van der Waals surface area contributed by atoms with Crippen LogP contribution in [0.5, 0.6) is 11.5 Å². The van der Waals surface area contributed by atoms with Gasteiger partial charge >= 0.3 is 0 Å². The zero-order valence-corrected chi connectivity index (χ0v) is 25.1. The Morgan fingerprint density at radius 2 is 1.77 bits per heavy atom. The Balaban J connectivity index is 1.87. The van der Waals surface area contributed by atoms with Crippen LogP contribution in [0.4, 0.5) is 5.69 Å². The van der Waals surface area contributed by atoms with Crippen molar-refractivity contribution in [1.82, 2.24) is 9.21 Å².